The molecular weight excluding hydrogens is 408 g/mol. The van der Waals surface area contributed by atoms with Crippen LogP contribution in [0.15, 0.2) is 54.2 Å². The number of rotatable bonds is 4. The second-order valence-electron chi connectivity index (χ2n) is 4.73. The summed E-state index contributed by atoms with van der Waals surface area (Å²) in [6, 6.07) is 13.0. The van der Waals surface area contributed by atoms with Gasteiger partial charge < -0.3 is 10.6 Å². The molecule has 4 nitrogen and oxygen atoms in total. The summed E-state index contributed by atoms with van der Waals surface area (Å²) in [5, 5.41) is 14.6. The maximum atomic E-state index is 12.8. The molecule has 1 amide bonds. The first kappa shape index (κ1) is 17.0. The van der Waals surface area contributed by atoms with Gasteiger partial charge in [0, 0.05) is 21.1 Å². The Bertz CT molecular complexity index is 794. The summed E-state index contributed by atoms with van der Waals surface area (Å²) >= 11 is 2.21. The number of nitrogens with zero attached hydrogens (tertiary/aromatic N) is 1. The van der Waals surface area contributed by atoms with Gasteiger partial charge in [0.25, 0.3) is 5.91 Å². The molecule has 0 saturated heterocycles. The minimum Gasteiger partial charge on any atom is -0.360 e. The highest BCUT2D eigenvalue weighted by Crippen LogP contribution is 2.18. The Hall–Kier alpha value is -2.40. The molecule has 0 saturated carbocycles. The van der Waals surface area contributed by atoms with Gasteiger partial charge in [0.05, 0.1) is 0 Å². The second kappa shape index (κ2) is 7.74. The number of anilines is 2. The molecule has 2 rings (SSSR count). The van der Waals surface area contributed by atoms with Crippen LogP contribution in [0.25, 0.3) is 0 Å². The molecule has 2 N–H and O–H groups in total. The summed E-state index contributed by atoms with van der Waals surface area (Å²) in [6.45, 7) is 1.93. The zero-order valence-electron chi connectivity index (χ0n) is 12.2. The van der Waals surface area contributed by atoms with Gasteiger partial charge in [-0.15, -0.1) is 0 Å². The fourth-order valence-corrected chi connectivity index (χ4v) is 2.47. The lowest BCUT2D eigenvalue weighted by Crippen LogP contribution is -2.14. The Labute approximate surface area is 147 Å². The molecule has 0 aromatic heterocycles. The molecule has 0 unspecified atom stereocenters. The topological polar surface area (TPSA) is 64.9 Å². The third kappa shape index (κ3) is 4.79. The largest absolute Gasteiger partial charge is 0.360 e. The van der Waals surface area contributed by atoms with Crippen LogP contribution >= 0.6 is 22.6 Å². The van der Waals surface area contributed by atoms with Crippen LogP contribution in [0.1, 0.15) is 5.56 Å². The molecular formula is C17H13FIN3O. The van der Waals surface area contributed by atoms with Gasteiger partial charge in [-0.25, -0.2) is 4.39 Å². The lowest BCUT2D eigenvalue weighted by molar-refractivity contribution is -0.112. The van der Waals surface area contributed by atoms with Gasteiger partial charge in [0.1, 0.15) is 17.5 Å². The molecule has 0 spiro atoms. The van der Waals surface area contributed by atoms with E-state index in [1.807, 2.05) is 31.2 Å². The van der Waals surface area contributed by atoms with Crippen molar-refractivity contribution in [3.05, 3.63) is 69.2 Å². The quantitative estimate of drug-likeness (QED) is 0.442. The second-order valence-corrected chi connectivity index (χ2v) is 5.98. The van der Waals surface area contributed by atoms with Gasteiger partial charge in [-0.05, 0) is 77.5 Å². The van der Waals surface area contributed by atoms with Crippen molar-refractivity contribution < 1.29 is 9.18 Å². The normalized spacial score (nSPS) is 10.8. The summed E-state index contributed by atoms with van der Waals surface area (Å²) < 4.78 is 13.9. The van der Waals surface area contributed by atoms with E-state index in [-0.39, 0.29) is 5.57 Å². The Balaban J connectivity index is 2.10. The van der Waals surface area contributed by atoms with Crippen molar-refractivity contribution in [2.75, 3.05) is 10.6 Å². The van der Waals surface area contributed by atoms with Crippen LogP contribution in [0.2, 0.25) is 0 Å². The number of nitriles is 1. The number of aryl methyl sites for hydroxylation is 1. The number of carbonyl (C=O) groups is 1. The number of benzene rings is 2. The van der Waals surface area contributed by atoms with Crippen LogP contribution in [0.4, 0.5) is 15.8 Å². The first-order valence-corrected chi connectivity index (χ1v) is 7.77. The van der Waals surface area contributed by atoms with Gasteiger partial charge in [-0.1, -0.05) is 0 Å². The lowest BCUT2D eigenvalue weighted by atomic mass is 10.2. The first-order chi connectivity index (χ1) is 11.0. The number of hydrogen-bond donors (Lipinski definition) is 2. The molecule has 116 valence electrons. The number of nitrogens with one attached hydrogen (secondary N) is 2. The average Bonchev–Trinajstić information content (AvgIpc) is 2.52. The van der Waals surface area contributed by atoms with Gasteiger partial charge in [-0.3, -0.25) is 4.79 Å². The summed E-state index contributed by atoms with van der Waals surface area (Å²) in [6.07, 6.45) is 1.36. The molecule has 2 aromatic carbocycles. The highest BCUT2D eigenvalue weighted by Gasteiger charge is 2.09. The third-order valence-corrected chi connectivity index (χ3v) is 3.70. The van der Waals surface area contributed by atoms with Crippen LogP contribution in [0, 0.1) is 27.6 Å². The van der Waals surface area contributed by atoms with Crippen molar-refractivity contribution in [1.82, 2.24) is 0 Å². The highest BCUT2D eigenvalue weighted by molar-refractivity contribution is 14.1. The minimum absolute atomic E-state index is 0.0766. The van der Waals surface area contributed by atoms with Gasteiger partial charge in [-0.2, -0.15) is 5.26 Å². The van der Waals surface area contributed by atoms with Crippen LogP contribution in [0.3, 0.4) is 0 Å². The number of carbonyl (C=O) groups excluding carboxylic acids is 1. The van der Waals surface area contributed by atoms with Crippen molar-refractivity contribution >= 4 is 39.9 Å². The molecule has 0 radical (unpaired) electrons. The Morgan fingerprint density at radius 1 is 1.26 bits per heavy atom. The van der Waals surface area contributed by atoms with Crippen molar-refractivity contribution in [2.24, 2.45) is 0 Å². The Kier molecular flexibility index (Phi) is 5.71. The summed E-state index contributed by atoms with van der Waals surface area (Å²) in [7, 11) is 0. The monoisotopic (exact) mass is 421 g/mol. The standard InChI is InChI=1S/C17H13FIN3O/c1-11-8-14(19)4-7-16(11)21-10-12(9-20)17(23)22-15-5-2-13(18)3-6-15/h2-8,10,21H,1H3,(H,22,23)/b12-10-. The molecule has 0 aliphatic rings. The van der Waals surface area contributed by atoms with E-state index in [4.69, 9.17) is 5.26 Å². The molecule has 0 aliphatic heterocycles. The van der Waals surface area contributed by atoms with E-state index in [0.29, 0.717) is 5.69 Å². The highest BCUT2D eigenvalue weighted by atomic mass is 127. The van der Waals surface area contributed by atoms with E-state index < -0.39 is 11.7 Å². The smallest absolute Gasteiger partial charge is 0.267 e. The Morgan fingerprint density at radius 2 is 1.96 bits per heavy atom. The van der Waals surface area contributed by atoms with Crippen molar-refractivity contribution in [3.63, 3.8) is 0 Å². The van der Waals surface area contributed by atoms with Gasteiger partial charge in [0.2, 0.25) is 0 Å². The fourth-order valence-electron chi connectivity index (χ4n) is 1.82. The van der Waals surface area contributed by atoms with Crippen LogP contribution < -0.4 is 10.6 Å². The van der Waals surface area contributed by atoms with E-state index in [1.165, 1.54) is 30.5 Å². The maximum absolute atomic E-state index is 12.8. The van der Waals surface area contributed by atoms with E-state index in [9.17, 15) is 9.18 Å². The number of halogens is 2. The summed E-state index contributed by atoms with van der Waals surface area (Å²) in [5.74, 6) is -0.954. The lowest BCUT2D eigenvalue weighted by Gasteiger charge is -2.07. The molecule has 0 heterocycles. The van der Waals surface area contributed by atoms with E-state index in [0.717, 1.165) is 14.8 Å². The number of hydrogen-bond acceptors (Lipinski definition) is 3. The Morgan fingerprint density at radius 3 is 2.57 bits per heavy atom. The zero-order valence-corrected chi connectivity index (χ0v) is 14.4. The van der Waals surface area contributed by atoms with Crippen LogP contribution in [0.5, 0.6) is 0 Å². The fraction of sp³-hybridized carbons (Fsp3) is 0.0588. The van der Waals surface area contributed by atoms with Crippen LogP contribution in [-0.2, 0) is 4.79 Å². The van der Waals surface area contributed by atoms with Gasteiger partial charge >= 0.3 is 0 Å². The van der Waals surface area contributed by atoms with E-state index >= 15 is 0 Å². The molecule has 0 aliphatic carbocycles. The van der Waals surface area contributed by atoms with Crippen molar-refractivity contribution in [3.8, 4) is 6.07 Å². The maximum Gasteiger partial charge on any atom is 0.267 e. The molecule has 23 heavy (non-hydrogen) atoms. The molecule has 0 bridgehead atoms. The van der Waals surface area contributed by atoms with E-state index in [2.05, 4.69) is 33.2 Å². The third-order valence-electron chi connectivity index (χ3n) is 3.03. The van der Waals surface area contributed by atoms with Crippen molar-refractivity contribution in [2.45, 2.75) is 6.92 Å². The summed E-state index contributed by atoms with van der Waals surface area (Å²) in [4.78, 5) is 12.1. The summed E-state index contributed by atoms with van der Waals surface area (Å²) in [5.41, 5.74) is 2.16. The molecule has 6 heteroatoms. The van der Waals surface area contributed by atoms with Crippen LogP contribution in [-0.4, -0.2) is 5.91 Å². The van der Waals surface area contributed by atoms with Gasteiger partial charge in [0.15, 0.2) is 0 Å². The zero-order chi connectivity index (χ0) is 16.8. The predicted molar refractivity (Wildman–Crippen MR) is 96.2 cm³/mol. The average molecular weight is 421 g/mol. The van der Waals surface area contributed by atoms with E-state index in [1.54, 1.807) is 0 Å². The first-order valence-electron chi connectivity index (χ1n) is 6.69. The molecule has 0 fully saturated rings. The molecule has 2 aromatic rings. The minimum atomic E-state index is -0.560. The molecule has 0 atom stereocenters. The van der Waals surface area contributed by atoms with Crippen molar-refractivity contribution in [1.29, 1.82) is 5.26 Å². The SMILES string of the molecule is Cc1cc(I)ccc1N/C=C(/C#N)C(=O)Nc1ccc(F)cc1. The number of amides is 1. The predicted octanol–water partition coefficient (Wildman–Crippen LogP) is 4.20.